The number of non-ortho nitro benzene ring substituents is 1. The molecule has 0 bridgehead atoms. The van der Waals surface area contributed by atoms with Crippen LogP contribution in [-0.2, 0) is 4.79 Å². The molecular weight excluding hydrogens is 368 g/mol. The Balaban J connectivity index is 1.48. The van der Waals surface area contributed by atoms with Crippen molar-refractivity contribution < 1.29 is 9.72 Å². The number of nitro groups is 1. The van der Waals surface area contributed by atoms with E-state index in [9.17, 15) is 14.9 Å². The topological polar surface area (TPSA) is 78.7 Å². The van der Waals surface area contributed by atoms with E-state index in [1.165, 1.54) is 11.6 Å². The van der Waals surface area contributed by atoms with E-state index < -0.39 is 0 Å². The Morgan fingerprint density at radius 3 is 2.45 bits per heavy atom. The van der Waals surface area contributed by atoms with Crippen molar-refractivity contribution >= 4 is 23.0 Å². The molecule has 29 heavy (non-hydrogen) atoms. The highest BCUT2D eigenvalue weighted by Gasteiger charge is 2.20. The van der Waals surface area contributed by atoms with Crippen LogP contribution in [0.2, 0.25) is 0 Å². The second kappa shape index (κ2) is 9.52. The van der Waals surface area contributed by atoms with E-state index in [1.807, 2.05) is 18.2 Å². The van der Waals surface area contributed by atoms with Crippen LogP contribution in [0.15, 0.2) is 48.5 Å². The van der Waals surface area contributed by atoms with Gasteiger partial charge in [-0.05, 0) is 36.1 Å². The summed E-state index contributed by atoms with van der Waals surface area (Å²) >= 11 is 0. The van der Waals surface area contributed by atoms with Crippen LogP contribution in [0.3, 0.4) is 0 Å². The summed E-state index contributed by atoms with van der Waals surface area (Å²) in [6, 6.07) is 14.8. The molecule has 1 atom stereocenters. The van der Waals surface area contributed by atoms with E-state index in [4.69, 9.17) is 0 Å². The molecule has 0 aromatic heterocycles. The number of hydrogen-bond acceptors (Lipinski definition) is 5. The minimum atomic E-state index is -0.375. The fraction of sp³-hybridized carbons (Fsp3) is 0.409. The molecule has 7 heteroatoms. The maximum Gasteiger partial charge on any atom is 0.271 e. The number of nitrogens with one attached hydrogen (secondary N) is 1. The minimum absolute atomic E-state index is 0.0231. The van der Waals surface area contributed by atoms with Crippen molar-refractivity contribution in [1.82, 2.24) is 4.90 Å². The average molecular weight is 396 g/mol. The van der Waals surface area contributed by atoms with Crippen LogP contribution in [0.5, 0.6) is 0 Å². The normalized spacial score (nSPS) is 15.7. The minimum Gasteiger partial charge on any atom is -0.369 e. The van der Waals surface area contributed by atoms with Gasteiger partial charge in [-0.2, -0.15) is 0 Å². The van der Waals surface area contributed by atoms with Crippen LogP contribution < -0.4 is 10.2 Å². The van der Waals surface area contributed by atoms with E-state index >= 15 is 0 Å². The molecule has 2 aromatic rings. The molecule has 0 spiro atoms. The standard InChI is InChI=1S/C22H28N4O3/c1-3-17(2)18-7-9-19(10-8-18)23-22(27)16-24-11-13-25(14-12-24)20-5-4-6-21(15-20)26(28)29/h4-10,15,17H,3,11-14,16H2,1-2H3,(H,23,27). The third-order valence-electron chi connectivity index (χ3n) is 5.52. The number of benzene rings is 2. The molecule has 1 aliphatic heterocycles. The van der Waals surface area contributed by atoms with Crippen molar-refractivity contribution in [2.24, 2.45) is 0 Å². The summed E-state index contributed by atoms with van der Waals surface area (Å²) in [4.78, 5) is 27.2. The van der Waals surface area contributed by atoms with Crippen molar-refractivity contribution in [3.8, 4) is 0 Å². The van der Waals surface area contributed by atoms with Crippen LogP contribution in [0.1, 0.15) is 31.7 Å². The van der Waals surface area contributed by atoms with Gasteiger partial charge in [0.1, 0.15) is 0 Å². The van der Waals surface area contributed by atoms with Gasteiger partial charge in [-0.15, -0.1) is 0 Å². The van der Waals surface area contributed by atoms with Gasteiger partial charge < -0.3 is 10.2 Å². The van der Waals surface area contributed by atoms with E-state index in [2.05, 4.69) is 41.1 Å². The van der Waals surface area contributed by atoms with E-state index in [0.29, 0.717) is 12.5 Å². The van der Waals surface area contributed by atoms with Crippen LogP contribution in [0.4, 0.5) is 17.1 Å². The van der Waals surface area contributed by atoms with Gasteiger partial charge >= 0.3 is 0 Å². The fourth-order valence-corrected chi connectivity index (χ4v) is 3.50. The Morgan fingerprint density at radius 1 is 1.14 bits per heavy atom. The Hall–Kier alpha value is -2.93. The maximum absolute atomic E-state index is 12.4. The largest absolute Gasteiger partial charge is 0.369 e. The van der Waals surface area contributed by atoms with Crippen LogP contribution in [-0.4, -0.2) is 48.5 Å². The molecule has 2 aromatic carbocycles. The lowest BCUT2D eigenvalue weighted by molar-refractivity contribution is -0.384. The van der Waals surface area contributed by atoms with Crippen LogP contribution in [0, 0.1) is 10.1 Å². The molecule has 1 amide bonds. The van der Waals surface area contributed by atoms with Crippen LogP contribution in [0.25, 0.3) is 0 Å². The zero-order chi connectivity index (χ0) is 20.8. The number of piperazine rings is 1. The van der Waals surface area contributed by atoms with Crippen molar-refractivity contribution in [1.29, 1.82) is 0 Å². The van der Waals surface area contributed by atoms with E-state index in [-0.39, 0.29) is 16.5 Å². The molecule has 154 valence electrons. The predicted molar refractivity (Wildman–Crippen MR) is 116 cm³/mol. The molecule has 1 N–H and O–H groups in total. The van der Waals surface area contributed by atoms with Crippen LogP contribution >= 0.6 is 0 Å². The number of carbonyl (C=O) groups excluding carboxylic acids is 1. The fourth-order valence-electron chi connectivity index (χ4n) is 3.50. The first-order chi connectivity index (χ1) is 14.0. The summed E-state index contributed by atoms with van der Waals surface area (Å²) in [5.41, 5.74) is 3.05. The van der Waals surface area contributed by atoms with Gasteiger partial charge in [-0.25, -0.2) is 0 Å². The summed E-state index contributed by atoms with van der Waals surface area (Å²) in [5.74, 6) is 0.493. The maximum atomic E-state index is 12.4. The first-order valence-corrected chi connectivity index (χ1v) is 10.1. The van der Waals surface area contributed by atoms with Gasteiger partial charge in [0.05, 0.1) is 11.5 Å². The van der Waals surface area contributed by atoms with Gasteiger partial charge in [0.15, 0.2) is 0 Å². The Bertz CT molecular complexity index is 845. The SMILES string of the molecule is CCC(C)c1ccc(NC(=O)CN2CCN(c3cccc([N+](=O)[O-])c3)CC2)cc1. The average Bonchev–Trinajstić information content (AvgIpc) is 2.74. The molecular formula is C22H28N4O3. The first kappa shape index (κ1) is 20.8. The highest BCUT2D eigenvalue weighted by atomic mass is 16.6. The van der Waals surface area contributed by atoms with E-state index in [0.717, 1.165) is 44.0 Å². The number of rotatable bonds is 7. The quantitative estimate of drug-likeness (QED) is 0.568. The van der Waals surface area contributed by atoms with Gasteiger partial charge in [0.2, 0.25) is 5.91 Å². The molecule has 1 unspecified atom stereocenters. The molecule has 0 saturated carbocycles. The highest BCUT2D eigenvalue weighted by Crippen LogP contribution is 2.23. The summed E-state index contributed by atoms with van der Waals surface area (Å²) in [6.07, 6.45) is 1.09. The van der Waals surface area contributed by atoms with Gasteiger partial charge in [-0.3, -0.25) is 19.8 Å². The molecule has 1 fully saturated rings. The molecule has 3 rings (SSSR count). The van der Waals surface area contributed by atoms with Crippen molar-refractivity contribution in [3.05, 3.63) is 64.2 Å². The monoisotopic (exact) mass is 396 g/mol. The summed E-state index contributed by atoms with van der Waals surface area (Å²) in [7, 11) is 0. The molecule has 7 nitrogen and oxygen atoms in total. The number of amides is 1. The molecule has 1 heterocycles. The zero-order valence-electron chi connectivity index (χ0n) is 17.0. The van der Waals surface area contributed by atoms with Crippen molar-refractivity contribution in [3.63, 3.8) is 0 Å². The number of carbonyl (C=O) groups is 1. The van der Waals surface area contributed by atoms with Gasteiger partial charge in [0, 0.05) is 49.7 Å². The lowest BCUT2D eigenvalue weighted by Crippen LogP contribution is -2.48. The smallest absolute Gasteiger partial charge is 0.271 e. The lowest BCUT2D eigenvalue weighted by atomic mass is 9.99. The summed E-state index contributed by atoms with van der Waals surface area (Å²) in [6.45, 7) is 7.65. The summed E-state index contributed by atoms with van der Waals surface area (Å²) in [5, 5.41) is 13.9. The van der Waals surface area contributed by atoms with Crippen molar-refractivity contribution in [2.75, 3.05) is 42.9 Å². The Labute approximate surface area is 171 Å². The summed E-state index contributed by atoms with van der Waals surface area (Å²) < 4.78 is 0. The van der Waals surface area contributed by atoms with Crippen molar-refractivity contribution in [2.45, 2.75) is 26.2 Å². The zero-order valence-corrected chi connectivity index (χ0v) is 17.0. The highest BCUT2D eigenvalue weighted by molar-refractivity contribution is 5.92. The molecule has 1 aliphatic rings. The third-order valence-corrected chi connectivity index (χ3v) is 5.52. The second-order valence-electron chi connectivity index (χ2n) is 7.52. The second-order valence-corrected chi connectivity index (χ2v) is 7.52. The van der Waals surface area contributed by atoms with Gasteiger partial charge in [-0.1, -0.05) is 32.0 Å². The van der Waals surface area contributed by atoms with Gasteiger partial charge in [0.25, 0.3) is 5.69 Å². The molecule has 1 saturated heterocycles. The lowest BCUT2D eigenvalue weighted by Gasteiger charge is -2.35. The number of anilines is 2. The molecule has 0 aliphatic carbocycles. The Morgan fingerprint density at radius 2 is 1.83 bits per heavy atom. The van der Waals surface area contributed by atoms with E-state index in [1.54, 1.807) is 12.1 Å². The molecule has 0 radical (unpaired) electrons. The Kier molecular flexibility index (Phi) is 6.82. The first-order valence-electron chi connectivity index (χ1n) is 10.1. The number of nitrogens with zero attached hydrogens (tertiary/aromatic N) is 3. The number of hydrogen-bond donors (Lipinski definition) is 1. The third kappa shape index (κ3) is 5.54. The predicted octanol–water partition coefficient (Wildman–Crippen LogP) is 3.87. The number of nitro benzene ring substituents is 1.